The van der Waals surface area contributed by atoms with E-state index in [-0.39, 0.29) is 5.54 Å². The summed E-state index contributed by atoms with van der Waals surface area (Å²) in [6.45, 7) is 0.810. The minimum Gasteiger partial charge on any atom is -0.385 e. The van der Waals surface area contributed by atoms with E-state index in [1.54, 1.807) is 0 Å². The Morgan fingerprint density at radius 3 is 2.82 bits per heavy atom. The predicted molar refractivity (Wildman–Crippen MR) is 72.7 cm³/mol. The fourth-order valence-electron chi connectivity index (χ4n) is 2.52. The zero-order valence-electron chi connectivity index (χ0n) is 10.2. The third-order valence-electron chi connectivity index (χ3n) is 3.55. The standard InChI is InChI=1S/C14H21N3/c15-9-4-10-17-13-6-3-5-12(11-13)14(16)7-1-2-8-14/h3,5-6,9,11,15,17H,1-2,4,7-8,10,16H2. The highest BCUT2D eigenvalue weighted by atomic mass is 14.9. The molecule has 0 heterocycles. The molecule has 3 heteroatoms. The molecule has 0 amide bonds. The van der Waals surface area contributed by atoms with Crippen molar-refractivity contribution in [1.29, 1.82) is 5.41 Å². The number of rotatable bonds is 5. The molecule has 1 aromatic carbocycles. The highest BCUT2D eigenvalue weighted by molar-refractivity contribution is 5.55. The van der Waals surface area contributed by atoms with E-state index < -0.39 is 0 Å². The Bertz CT molecular complexity index is 381. The molecule has 0 radical (unpaired) electrons. The van der Waals surface area contributed by atoms with Gasteiger partial charge in [-0.2, -0.15) is 0 Å². The van der Waals surface area contributed by atoms with Crippen molar-refractivity contribution in [3.05, 3.63) is 29.8 Å². The van der Waals surface area contributed by atoms with Crippen LogP contribution in [0.15, 0.2) is 24.3 Å². The van der Waals surface area contributed by atoms with Gasteiger partial charge in [0.05, 0.1) is 0 Å². The van der Waals surface area contributed by atoms with Crippen LogP contribution in [0.25, 0.3) is 0 Å². The summed E-state index contributed by atoms with van der Waals surface area (Å²) in [4.78, 5) is 0. The van der Waals surface area contributed by atoms with Crippen LogP contribution in [0.5, 0.6) is 0 Å². The SMILES string of the molecule is N=CCCNc1cccc(C2(N)CCCC2)c1. The molecule has 1 saturated carbocycles. The van der Waals surface area contributed by atoms with Crippen LogP contribution in [0.4, 0.5) is 5.69 Å². The summed E-state index contributed by atoms with van der Waals surface area (Å²) in [6, 6.07) is 8.42. The number of hydrogen-bond acceptors (Lipinski definition) is 3. The molecule has 17 heavy (non-hydrogen) atoms. The second kappa shape index (κ2) is 5.32. The normalized spacial score (nSPS) is 17.9. The van der Waals surface area contributed by atoms with E-state index in [9.17, 15) is 0 Å². The lowest BCUT2D eigenvalue weighted by atomic mass is 9.89. The molecule has 1 aliphatic rings. The van der Waals surface area contributed by atoms with Crippen LogP contribution >= 0.6 is 0 Å². The molecule has 0 aromatic heterocycles. The van der Waals surface area contributed by atoms with Gasteiger partial charge in [-0.1, -0.05) is 25.0 Å². The summed E-state index contributed by atoms with van der Waals surface area (Å²) in [5.41, 5.74) is 8.69. The van der Waals surface area contributed by atoms with Gasteiger partial charge in [0.1, 0.15) is 0 Å². The second-order valence-electron chi connectivity index (χ2n) is 4.86. The van der Waals surface area contributed by atoms with Gasteiger partial charge in [0.15, 0.2) is 0 Å². The lowest BCUT2D eigenvalue weighted by Gasteiger charge is -2.24. The molecular weight excluding hydrogens is 210 g/mol. The average Bonchev–Trinajstić information content (AvgIpc) is 2.78. The largest absolute Gasteiger partial charge is 0.385 e. The quantitative estimate of drug-likeness (QED) is 0.539. The maximum absolute atomic E-state index is 6.99. The maximum atomic E-state index is 6.99. The van der Waals surface area contributed by atoms with Crippen molar-refractivity contribution in [2.24, 2.45) is 5.73 Å². The van der Waals surface area contributed by atoms with Gasteiger partial charge in [-0.25, -0.2) is 0 Å². The molecule has 1 aliphatic carbocycles. The number of nitrogens with two attached hydrogens (primary N) is 1. The Labute approximate surface area is 103 Å². The van der Waals surface area contributed by atoms with Gasteiger partial charge >= 0.3 is 0 Å². The van der Waals surface area contributed by atoms with E-state index in [2.05, 4.69) is 29.6 Å². The molecule has 3 nitrogen and oxygen atoms in total. The molecule has 92 valence electrons. The van der Waals surface area contributed by atoms with E-state index >= 15 is 0 Å². The fraction of sp³-hybridized carbons (Fsp3) is 0.500. The molecule has 2 rings (SSSR count). The Morgan fingerprint density at radius 1 is 1.35 bits per heavy atom. The number of anilines is 1. The van der Waals surface area contributed by atoms with Gasteiger partial charge in [-0.3, -0.25) is 0 Å². The Morgan fingerprint density at radius 2 is 2.12 bits per heavy atom. The van der Waals surface area contributed by atoms with Crippen LogP contribution in [0.3, 0.4) is 0 Å². The molecule has 1 aromatic rings. The second-order valence-corrected chi connectivity index (χ2v) is 4.86. The van der Waals surface area contributed by atoms with Crippen LogP contribution in [-0.4, -0.2) is 12.8 Å². The lowest BCUT2D eigenvalue weighted by molar-refractivity contribution is 0.462. The fourth-order valence-corrected chi connectivity index (χ4v) is 2.52. The van der Waals surface area contributed by atoms with Crippen molar-refractivity contribution < 1.29 is 0 Å². The average molecular weight is 231 g/mol. The summed E-state index contributed by atoms with van der Waals surface area (Å²) in [6.07, 6.45) is 6.86. The van der Waals surface area contributed by atoms with E-state index in [4.69, 9.17) is 11.1 Å². The summed E-state index contributed by atoms with van der Waals surface area (Å²) >= 11 is 0. The van der Waals surface area contributed by atoms with Crippen molar-refractivity contribution in [3.63, 3.8) is 0 Å². The summed E-state index contributed by atoms with van der Waals surface area (Å²) < 4.78 is 0. The van der Waals surface area contributed by atoms with E-state index in [1.165, 1.54) is 24.6 Å². The van der Waals surface area contributed by atoms with E-state index in [0.29, 0.717) is 0 Å². The molecule has 0 bridgehead atoms. The number of benzene rings is 1. The summed E-state index contributed by atoms with van der Waals surface area (Å²) in [5, 5.41) is 10.3. The highest BCUT2D eigenvalue weighted by Gasteiger charge is 2.31. The molecule has 0 atom stereocenters. The molecule has 0 aliphatic heterocycles. The molecular formula is C14H21N3. The third kappa shape index (κ3) is 2.86. The summed E-state index contributed by atoms with van der Waals surface area (Å²) in [7, 11) is 0. The third-order valence-corrected chi connectivity index (χ3v) is 3.55. The van der Waals surface area contributed by atoms with Crippen molar-refractivity contribution in [2.45, 2.75) is 37.6 Å². The van der Waals surface area contributed by atoms with Crippen molar-refractivity contribution >= 4 is 11.9 Å². The minimum atomic E-state index is -0.112. The van der Waals surface area contributed by atoms with Crippen molar-refractivity contribution in [1.82, 2.24) is 0 Å². The molecule has 1 fully saturated rings. The van der Waals surface area contributed by atoms with Crippen LogP contribution < -0.4 is 11.1 Å². The predicted octanol–water partition coefficient (Wildman–Crippen LogP) is 2.87. The van der Waals surface area contributed by atoms with E-state index in [1.807, 2.05) is 0 Å². The first kappa shape index (κ1) is 12.1. The van der Waals surface area contributed by atoms with Crippen molar-refractivity contribution in [3.8, 4) is 0 Å². The van der Waals surface area contributed by atoms with Crippen LogP contribution in [0.1, 0.15) is 37.7 Å². The topological polar surface area (TPSA) is 61.9 Å². The van der Waals surface area contributed by atoms with Crippen LogP contribution in [0.2, 0.25) is 0 Å². The highest BCUT2D eigenvalue weighted by Crippen LogP contribution is 2.36. The van der Waals surface area contributed by atoms with Crippen molar-refractivity contribution in [2.75, 3.05) is 11.9 Å². The van der Waals surface area contributed by atoms with Gasteiger partial charge in [-0.05, 0) is 43.2 Å². The number of hydrogen-bond donors (Lipinski definition) is 3. The van der Waals surface area contributed by atoms with Gasteiger partial charge in [0.2, 0.25) is 0 Å². The Hall–Kier alpha value is -1.35. The zero-order chi connectivity index (χ0) is 12.1. The smallest absolute Gasteiger partial charge is 0.0410 e. The monoisotopic (exact) mass is 231 g/mol. The first-order valence-corrected chi connectivity index (χ1v) is 6.37. The molecule has 0 saturated heterocycles. The first-order valence-electron chi connectivity index (χ1n) is 6.37. The van der Waals surface area contributed by atoms with Crippen LogP contribution in [-0.2, 0) is 5.54 Å². The zero-order valence-corrected chi connectivity index (χ0v) is 10.2. The molecule has 4 N–H and O–H groups in total. The number of nitrogens with one attached hydrogen (secondary N) is 2. The van der Waals surface area contributed by atoms with Gasteiger partial charge in [-0.15, -0.1) is 0 Å². The Kier molecular flexibility index (Phi) is 3.79. The van der Waals surface area contributed by atoms with Gasteiger partial charge in [0.25, 0.3) is 0 Å². The van der Waals surface area contributed by atoms with Crippen LogP contribution in [0, 0.1) is 5.41 Å². The Balaban J connectivity index is 2.08. The minimum absolute atomic E-state index is 0.112. The first-order chi connectivity index (χ1) is 8.24. The molecule has 0 spiro atoms. The van der Waals surface area contributed by atoms with Gasteiger partial charge in [0, 0.05) is 17.8 Å². The van der Waals surface area contributed by atoms with E-state index in [0.717, 1.165) is 31.5 Å². The molecule has 0 unspecified atom stereocenters. The summed E-state index contributed by atoms with van der Waals surface area (Å²) in [5.74, 6) is 0. The van der Waals surface area contributed by atoms with Gasteiger partial charge < -0.3 is 16.5 Å². The lowest BCUT2D eigenvalue weighted by Crippen LogP contribution is -2.33. The maximum Gasteiger partial charge on any atom is 0.0410 e.